The quantitative estimate of drug-likeness (QED) is 0.410. The summed E-state index contributed by atoms with van der Waals surface area (Å²) < 4.78 is 43.2. The summed E-state index contributed by atoms with van der Waals surface area (Å²) >= 11 is 6.53. The molecule has 41 heavy (non-hydrogen) atoms. The van der Waals surface area contributed by atoms with Gasteiger partial charge in [-0.2, -0.15) is 9.97 Å². The Hall–Kier alpha value is -3.02. The Kier molecular flexibility index (Phi) is 6.59. The van der Waals surface area contributed by atoms with Gasteiger partial charge < -0.3 is 24.6 Å². The zero-order valence-corrected chi connectivity index (χ0v) is 23.5. The Labute approximate surface area is 241 Å². The number of likely N-dealkylation sites (N-methyl/N-ethyl adjacent to an activating group) is 1. The van der Waals surface area contributed by atoms with Crippen molar-refractivity contribution in [3.05, 3.63) is 28.5 Å². The van der Waals surface area contributed by atoms with E-state index >= 15 is 4.39 Å². The number of benzene rings is 1. The fraction of sp³-hybridized carbons (Fsp3) is 0.552. The topological polar surface area (TPSA) is 104 Å². The number of hydrogen-bond acceptors (Lipinski definition) is 9. The molecule has 3 aromatic rings. The SMILES string of the molecule is CN1c2nc(OC[C@@]34CCCN3C[C@H](F)C4)nc3c(F)c(-c4cc(O)cc(Cl)c4C4CC4)nc(c23)OC[C@@H]1CCO. The predicted octanol–water partition coefficient (Wildman–Crippen LogP) is 4.60. The number of hydrogen-bond donors (Lipinski definition) is 2. The first-order chi connectivity index (χ1) is 19.8. The third-order valence-corrected chi connectivity index (χ3v) is 9.37. The zero-order valence-electron chi connectivity index (χ0n) is 22.7. The highest BCUT2D eigenvalue weighted by Gasteiger charge is 2.49. The van der Waals surface area contributed by atoms with Gasteiger partial charge in [0.05, 0.1) is 11.6 Å². The fourth-order valence-corrected chi connectivity index (χ4v) is 7.19. The third-order valence-electron chi connectivity index (χ3n) is 9.05. The Morgan fingerprint density at radius 3 is 2.85 bits per heavy atom. The van der Waals surface area contributed by atoms with Crippen molar-refractivity contribution < 1.29 is 28.5 Å². The van der Waals surface area contributed by atoms with E-state index in [1.54, 1.807) is 7.05 Å². The molecule has 3 aliphatic heterocycles. The number of fused-ring (bicyclic) bond motifs is 1. The summed E-state index contributed by atoms with van der Waals surface area (Å²) in [6.07, 6.45) is 3.46. The second-order valence-corrected chi connectivity index (χ2v) is 12.2. The van der Waals surface area contributed by atoms with Crippen molar-refractivity contribution in [1.29, 1.82) is 0 Å². The average molecular weight is 588 g/mol. The van der Waals surface area contributed by atoms with Crippen LogP contribution in [0.5, 0.6) is 17.6 Å². The van der Waals surface area contributed by atoms with E-state index in [-0.39, 0.29) is 60.6 Å². The molecule has 9 nitrogen and oxygen atoms in total. The van der Waals surface area contributed by atoms with Crippen molar-refractivity contribution in [3.8, 4) is 28.9 Å². The largest absolute Gasteiger partial charge is 0.508 e. The van der Waals surface area contributed by atoms with Gasteiger partial charge in [0.15, 0.2) is 5.82 Å². The van der Waals surface area contributed by atoms with Crippen molar-refractivity contribution in [2.45, 2.75) is 62.2 Å². The van der Waals surface area contributed by atoms with Gasteiger partial charge in [-0.15, -0.1) is 0 Å². The van der Waals surface area contributed by atoms with E-state index in [0.717, 1.165) is 37.8 Å². The van der Waals surface area contributed by atoms with Crippen LogP contribution in [0.25, 0.3) is 22.2 Å². The van der Waals surface area contributed by atoms with Crippen molar-refractivity contribution in [3.63, 3.8) is 0 Å². The van der Waals surface area contributed by atoms with Gasteiger partial charge in [0.1, 0.15) is 47.5 Å². The van der Waals surface area contributed by atoms with Crippen molar-refractivity contribution in [2.75, 3.05) is 44.9 Å². The lowest BCUT2D eigenvalue weighted by Crippen LogP contribution is -2.43. The predicted molar refractivity (Wildman–Crippen MR) is 149 cm³/mol. The number of phenolic OH excluding ortho intramolecular Hbond substituents is 1. The molecule has 1 saturated carbocycles. The molecule has 0 bridgehead atoms. The number of aromatic nitrogens is 3. The molecule has 1 aliphatic carbocycles. The number of phenols is 1. The standard InChI is InChI=1S/C29H32ClF2N5O4/c1-36-17(5-8-38)13-40-27-22-25(23(32)24(33-27)19-9-18(39)10-20(30)21(19)15-3-4-15)34-28(35-26(22)36)41-14-29-6-2-7-37(29)12-16(31)11-29/h9-10,15-17,38-39H,2-8,11-14H2,1H3/t16-,17+,29+/m1/s1. The Morgan fingerprint density at radius 1 is 1.24 bits per heavy atom. The molecule has 3 fully saturated rings. The van der Waals surface area contributed by atoms with Crippen molar-refractivity contribution in [1.82, 2.24) is 19.9 Å². The Morgan fingerprint density at radius 2 is 2.07 bits per heavy atom. The molecular formula is C29H32ClF2N5O4. The van der Waals surface area contributed by atoms with Gasteiger partial charge in [0, 0.05) is 37.2 Å². The normalized spacial score (nSPS) is 25.8. The number of aliphatic hydroxyl groups is 1. The number of aliphatic hydroxyl groups excluding tert-OH is 1. The van der Waals surface area contributed by atoms with Gasteiger partial charge in [0.2, 0.25) is 5.88 Å². The molecule has 0 amide bonds. The molecule has 5 heterocycles. The van der Waals surface area contributed by atoms with Crippen LogP contribution in [0, 0.1) is 5.82 Å². The van der Waals surface area contributed by atoms with Crippen LogP contribution in [-0.2, 0) is 0 Å². The number of nitrogens with zero attached hydrogens (tertiary/aromatic N) is 5. The minimum Gasteiger partial charge on any atom is -0.508 e. The van der Waals surface area contributed by atoms with Gasteiger partial charge in [-0.05, 0) is 62.3 Å². The summed E-state index contributed by atoms with van der Waals surface area (Å²) in [6, 6.07) is 2.64. The highest BCUT2D eigenvalue weighted by Crippen LogP contribution is 2.50. The van der Waals surface area contributed by atoms with Crippen LogP contribution in [-0.4, -0.2) is 87.8 Å². The molecule has 2 aromatic heterocycles. The number of anilines is 1. The summed E-state index contributed by atoms with van der Waals surface area (Å²) in [5.41, 5.74) is 0.648. The lowest BCUT2D eigenvalue weighted by molar-refractivity contribution is 0.107. The van der Waals surface area contributed by atoms with Gasteiger partial charge in [0.25, 0.3) is 0 Å². The van der Waals surface area contributed by atoms with E-state index in [1.165, 1.54) is 12.1 Å². The molecule has 2 N–H and O–H groups in total. The maximum atomic E-state index is 16.6. The number of alkyl halides is 1. The Bertz CT molecular complexity index is 1520. The Balaban J connectivity index is 1.38. The number of pyridine rings is 1. The first-order valence-corrected chi connectivity index (χ1v) is 14.6. The fourth-order valence-electron chi connectivity index (χ4n) is 6.83. The lowest BCUT2D eigenvalue weighted by Gasteiger charge is -2.31. The molecule has 0 spiro atoms. The van der Waals surface area contributed by atoms with E-state index < -0.39 is 17.5 Å². The van der Waals surface area contributed by atoms with Gasteiger partial charge >= 0.3 is 6.01 Å². The third kappa shape index (κ3) is 4.53. The first kappa shape index (κ1) is 26.9. The second-order valence-electron chi connectivity index (χ2n) is 11.7. The van der Waals surface area contributed by atoms with E-state index in [4.69, 9.17) is 21.1 Å². The average Bonchev–Trinajstić information content (AvgIpc) is 3.64. The zero-order chi connectivity index (χ0) is 28.5. The molecule has 1 aromatic carbocycles. The van der Waals surface area contributed by atoms with E-state index in [1.807, 2.05) is 4.90 Å². The molecule has 0 unspecified atom stereocenters. The van der Waals surface area contributed by atoms with Crippen LogP contribution in [0.1, 0.15) is 50.0 Å². The first-order valence-electron chi connectivity index (χ1n) is 14.2. The van der Waals surface area contributed by atoms with Crippen LogP contribution in [0.4, 0.5) is 14.6 Å². The van der Waals surface area contributed by atoms with Crippen LogP contribution >= 0.6 is 11.6 Å². The molecule has 218 valence electrons. The van der Waals surface area contributed by atoms with Gasteiger partial charge in [-0.3, -0.25) is 4.90 Å². The van der Waals surface area contributed by atoms with E-state index in [9.17, 15) is 14.6 Å². The molecule has 4 aliphatic rings. The maximum Gasteiger partial charge on any atom is 0.319 e. The number of ether oxygens (including phenoxy) is 2. The monoisotopic (exact) mass is 587 g/mol. The van der Waals surface area contributed by atoms with Crippen LogP contribution in [0.15, 0.2) is 12.1 Å². The summed E-state index contributed by atoms with van der Waals surface area (Å²) in [5, 5.41) is 20.7. The number of rotatable bonds is 7. The maximum absolute atomic E-state index is 16.6. The highest BCUT2D eigenvalue weighted by atomic mass is 35.5. The summed E-state index contributed by atoms with van der Waals surface area (Å²) in [6.45, 7) is 1.51. The van der Waals surface area contributed by atoms with Crippen molar-refractivity contribution >= 4 is 28.3 Å². The summed E-state index contributed by atoms with van der Waals surface area (Å²) in [5.74, 6) is -0.122. The molecule has 3 atom stereocenters. The lowest BCUT2D eigenvalue weighted by atomic mass is 9.95. The minimum absolute atomic E-state index is 0.0223. The molecule has 2 saturated heterocycles. The smallest absolute Gasteiger partial charge is 0.319 e. The molecule has 12 heteroatoms. The van der Waals surface area contributed by atoms with E-state index in [2.05, 4.69) is 19.9 Å². The highest BCUT2D eigenvalue weighted by molar-refractivity contribution is 6.32. The molecule has 7 rings (SSSR count). The molecular weight excluding hydrogens is 556 g/mol. The second kappa shape index (κ2) is 10.1. The summed E-state index contributed by atoms with van der Waals surface area (Å²) in [7, 11) is 1.80. The molecule has 0 radical (unpaired) electrons. The van der Waals surface area contributed by atoms with Crippen LogP contribution in [0.3, 0.4) is 0 Å². The van der Waals surface area contributed by atoms with Crippen LogP contribution < -0.4 is 14.4 Å². The van der Waals surface area contributed by atoms with Gasteiger partial charge in [-0.1, -0.05) is 11.6 Å². The van der Waals surface area contributed by atoms with E-state index in [0.29, 0.717) is 41.2 Å². The van der Waals surface area contributed by atoms with Crippen molar-refractivity contribution in [2.24, 2.45) is 0 Å². The summed E-state index contributed by atoms with van der Waals surface area (Å²) in [4.78, 5) is 17.8. The van der Waals surface area contributed by atoms with Gasteiger partial charge in [-0.25, -0.2) is 13.8 Å². The number of aromatic hydroxyl groups is 1. The van der Waals surface area contributed by atoms with Crippen LogP contribution in [0.2, 0.25) is 5.02 Å². The minimum atomic E-state index is -0.910. The number of halogens is 3.